The topological polar surface area (TPSA) is 17.8 Å². The van der Waals surface area contributed by atoms with E-state index in [1.54, 1.807) is 0 Å². The fourth-order valence-electron chi connectivity index (χ4n) is 5.77. The Bertz CT molecular complexity index is 2030. The maximum Gasteiger partial charge on any atom is 0.144 e. The van der Waals surface area contributed by atoms with Crippen LogP contribution in [0.1, 0.15) is 0 Å². The summed E-state index contributed by atoms with van der Waals surface area (Å²) in [5.74, 6) is 0.539. The molecule has 0 amide bonds. The number of rotatable bonds is 3. The summed E-state index contributed by atoms with van der Waals surface area (Å²) in [6.07, 6.45) is 0. The molecule has 0 spiro atoms. The Morgan fingerprint density at radius 1 is 0.450 bits per heavy atom. The molecule has 7 heteroatoms. The quantitative estimate of drug-likeness (QED) is 0.272. The Morgan fingerprint density at radius 2 is 0.925 bits per heavy atom. The highest BCUT2D eigenvalue weighted by molar-refractivity contribution is 6.68. The van der Waals surface area contributed by atoms with E-state index >= 15 is 0 Å². The van der Waals surface area contributed by atoms with E-state index in [1.165, 1.54) is 5.56 Å². The molecule has 7 rings (SSSR count). The molecule has 1 aromatic heterocycles. The van der Waals surface area contributed by atoms with Crippen molar-refractivity contribution >= 4 is 99.1 Å². The van der Waals surface area contributed by atoms with Gasteiger partial charge in [-0.3, -0.25) is 4.57 Å². The zero-order valence-electron chi connectivity index (χ0n) is 21.6. The molecule has 2 nitrogen and oxygen atoms in total. The normalized spacial score (nSPS) is 11.5. The summed E-state index contributed by atoms with van der Waals surface area (Å²) < 4.78 is 2.12. The van der Waals surface area contributed by atoms with Crippen LogP contribution in [0.3, 0.4) is 0 Å². The maximum absolute atomic E-state index is 6.59. The molecule has 174 valence electrons. The first kappa shape index (κ1) is 24.7. The number of benzene rings is 6. The third kappa shape index (κ3) is 3.54. The van der Waals surface area contributed by atoms with Crippen LogP contribution in [-0.2, 0) is 0 Å². The van der Waals surface area contributed by atoms with Crippen molar-refractivity contribution in [3.05, 3.63) is 103 Å². The zero-order valence-corrected chi connectivity index (χ0v) is 21.6. The van der Waals surface area contributed by atoms with Crippen LogP contribution in [0, 0.1) is 0 Å². The van der Waals surface area contributed by atoms with Gasteiger partial charge in [0.05, 0.1) is 16.7 Å². The van der Waals surface area contributed by atoms with E-state index in [1.807, 2.05) is 30.3 Å². The number of hydrogen-bond donors (Lipinski definition) is 0. The van der Waals surface area contributed by atoms with E-state index in [0.29, 0.717) is 11.4 Å². The lowest BCUT2D eigenvalue weighted by atomic mass is 9.60. The summed E-state index contributed by atoms with van der Waals surface area (Å²) in [6, 6.07) is 35.2. The fraction of sp³-hybridized carbons (Fsp3) is 0. The van der Waals surface area contributed by atoms with E-state index in [-0.39, 0.29) is 27.3 Å². The minimum atomic E-state index is 0.171. The van der Waals surface area contributed by atoms with Gasteiger partial charge in [0.2, 0.25) is 0 Å². The van der Waals surface area contributed by atoms with Crippen molar-refractivity contribution in [2.24, 2.45) is 0 Å². The number of hydrogen-bond acceptors (Lipinski definition) is 1. The number of nitrogens with zero attached hydrogens (tertiary/aromatic N) is 2. The Balaban J connectivity index is 1.71. The Kier molecular flexibility index (Phi) is 5.78. The van der Waals surface area contributed by atoms with Crippen LogP contribution < -0.4 is 27.3 Å². The molecule has 10 radical (unpaired) electrons. The van der Waals surface area contributed by atoms with Crippen LogP contribution >= 0.6 is 0 Å². The van der Waals surface area contributed by atoms with Gasteiger partial charge < -0.3 is 0 Å². The van der Waals surface area contributed by atoms with Crippen molar-refractivity contribution < 1.29 is 0 Å². The minimum absolute atomic E-state index is 0.171. The summed E-state index contributed by atoms with van der Waals surface area (Å²) in [5, 5.41) is 4.34. The number of fused-ring (bicyclic) bond motifs is 3. The van der Waals surface area contributed by atoms with Crippen LogP contribution in [0.4, 0.5) is 0 Å². The second-order valence-corrected chi connectivity index (χ2v) is 9.88. The van der Waals surface area contributed by atoms with Crippen LogP contribution in [0.5, 0.6) is 0 Å². The van der Waals surface area contributed by atoms with Gasteiger partial charge in [-0.25, -0.2) is 4.98 Å². The van der Waals surface area contributed by atoms with E-state index in [9.17, 15) is 0 Å². The standard InChI is InChI=1S/C33H17B5N2/c34-27-26(28(35)30(37)31(38)29(27)36)33-39-23-16-8-9-17-24(23)40(33)32-21-14-6-4-12-19(21)25(18-10-2-1-3-11-18)20-13-5-7-15-22(20)32/h1-17H. The molecule has 0 aliphatic carbocycles. The number of imidazole rings is 1. The van der Waals surface area contributed by atoms with Gasteiger partial charge in [0.15, 0.2) is 0 Å². The molecule has 0 bridgehead atoms. The molecule has 0 saturated heterocycles. The zero-order chi connectivity index (χ0) is 27.5. The van der Waals surface area contributed by atoms with Crippen molar-refractivity contribution in [3.8, 4) is 28.2 Å². The third-order valence-corrected chi connectivity index (χ3v) is 7.67. The Hall–Kier alpha value is -4.37. The monoisotopic (exact) mass is 496 g/mol. The summed E-state index contributed by atoms with van der Waals surface area (Å²) in [7, 11) is 31.9. The predicted molar refractivity (Wildman–Crippen MR) is 174 cm³/mol. The van der Waals surface area contributed by atoms with E-state index in [4.69, 9.17) is 44.2 Å². The molecule has 0 aliphatic heterocycles. The smallest absolute Gasteiger partial charge is 0.144 e. The Morgan fingerprint density at radius 3 is 1.52 bits per heavy atom. The Labute approximate surface area is 239 Å². The molecule has 40 heavy (non-hydrogen) atoms. The highest BCUT2D eigenvalue weighted by atomic mass is 15.1. The van der Waals surface area contributed by atoms with Gasteiger partial charge in [0.25, 0.3) is 0 Å². The van der Waals surface area contributed by atoms with Crippen LogP contribution in [-0.4, -0.2) is 48.8 Å². The van der Waals surface area contributed by atoms with Gasteiger partial charge in [0.1, 0.15) is 45.1 Å². The second-order valence-electron chi connectivity index (χ2n) is 9.88. The lowest BCUT2D eigenvalue weighted by Crippen LogP contribution is -2.55. The van der Waals surface area contributed by atoms with Gasteiger partial charge in [-0.05, 0) is 34.0 Å². The SMILES string of the molecule is [B]c1c([B])c([B])c(-c2nc3ccccc3n2-c2c3ccccc3c(-c3ccccc3)c3ccccc23)c([B])c1[B]. The van der Waals surface area contributed by atoms with Crippen molar-refractivity contribution in [1.29, 1.82) is 0 Å². The summed E-state index contributed by atoms with van der Waals surface area (Å²) in [5.41, 5.74) is 6.45. The number of para-hydroxylation sites is 2. The molecule has 1 heterocycles. The minimum Gasteiger partial charge on any atom is -0.291 e. The van der Waals surface area contributed by atoms with E-state index in [0.717, 1.165) is 43.8 Å². The van der Waals surface area contributed by atoms with Gasteiger partial charge in [0, 0.05) is 16.3 Å². The highest BCUT2D eigenvalue weighted by Gasteiger charge is 2.24. The molecule has 0 fully saturated rings. The first-order chi connectivity index (χ1) is 19.5. The van der Waals surface area contributed by atoms with Crippen LogP contribution in [0.25, 0.3) is 60.8 Å². The first-order valence-corrected chi connectivity index (χ1v) is 13.0. The summed E-state index contributed by atoms with van der Waals surface area (Å²) >= 11 is 0. The molecule has 0 aliphatic rings. The van der Waals surface area contributed by atoms with Gasteiger partial charge in [-0.2, -0.15) is 0 Å². The molecule has 6 aromatic carbocycles. The van der Waals surface area contributed by atoms with Crippen LogP contribution in [0.2, 0.25) is 0 Å². The highest BCUT2D eigenvalue weighted by Crippen LogP contribution is 2.42. The lowest BCUT2D eigenvalue weighted by molar-refractivity contribution is 1.13. The average molecular weight is 496 g/mol. The van der Waals surface area contributed by atoms with Crippen molar-refractivity contribution in [3.63, 3.8) is 0 Å². The number of aromatic nitrogens is 2. The fourth-order valence-corrected chi connectivity index (χ4v) is 5.77. The molecule has 7 aromatic rings. The molecular weight excluding hydrogens is 478 g/mol. The molecule has 0 N–H and O–H groups in total. The first-order valence-electron chi connectivity index (χ1n) is 13.0. The van der Waals surface area contributed by atoms with Crippen molar-refractivity contribution in [2.75, 3.05) is 0 Å². The molecule has 0 unspecified atom stereocenters. The second kappa shape index (κ2) is 9.38. The molecule has 0 saturated carbocycles. The van der Waals surface area contributed by atoms with E-state index < -0.39 is 0 Å². The van der Waals surface area contributed by atoms with Crippen LogP contribution in [0.15, 0.2) is 103 Å². The molecule has 0 atom stereocenters. The van der Waals surface area contributed by atoms with Gasteiger partial charge >= 0.3 is 0 Å². The van der Waals surface area contributed by atoms with Gasteiger partial charge in [-0.15, -0.1) is 16.4 Å². The molecular formula is C33H17B5N2. The van der Waals surface area contributed by atoms with E-state index in [2.05, 4.69) is 77.4 Å². The summed E-state index contributed by atoms with van der Waals surface area (Å²) in [6.45, 7) is 0. The average Bonchev–Trinajstić information content (AvgIpc) is 3.36. The van der Waals surface area contributed by atoms with Crippen molar-refractivity contribution in [1.82, 2.24) is 9.55 Å². The lowest BCUT2D eigenvalue weighted by Gasteiger charge is -2.23. The van der Waals surface area contributed by atoms with Crippen molar-refractivity contribution in [2.45, 2.75) is 0 Å². The predicted octanol–water partition coefficient (Wildman–Crippen LogP) is 2.63. The summed E-state index contributed by atoms with van der Waals surface area (Å²) in [4.78, 5) is 5.04. The largest absolute Gasteiger partial charge is 0.291 e. The third-order valence-electron chi connectivity index (χ3n) is 7.67. The maximum atomic E-state index is 6.59. The van der Waals surface area contributed by atoms with Gasteiger partial charge in [-0.1, -0.05) is 102 Å².